The number of ether oxygens (including phenoxy) is 1. The Hall–Kier alpha value is -1.63. The van der Waals surface area contributed by atoms with Crippen molar-refractivity contribution in [3.63, 3.8) is 0 Å². The lowest BCUT2D eigenvalue weighted by molar-refractivity contribution is 0.0342. The van der Waals surface area contributed by atoms with Crippen molar-refractivity contribution in [3.05, 3.63) is 35.4 Å². The Morgan fingerprint density at radius 2 is 1.62 bits per heavy atom. The van der Waals surface area contributed by atoms with Crippen LogP contribution in [-0.4, -0.2) is 74.3 Å². The molecule has 0 bridgehead atoms. The molecular formula is C23H39N5O. The van der Waals surface area contributed by atoms with Gasteiger partial charge in [0.1, 0.15) is 0 Å². The van der Waals surface area contributed by atoms with Crippen LogP contribution in [0.5, 0.6) is 0 Å². The molecule has 1 aromatic carbocycles. The molecule has 0 saturated carbocycles. The number of likely N-dealkylation sites (tertiary alicyclic amines) is 1. The highest BCUT2D eigenvalue weighted by Gasteiger charge is 2.27. The number of rotatable bonds is 7. The van der Waals surface area contributed by atoms with E-state index in [1.807, 2.05) is 7.05 Å². The van der Waals surface area contributed by atoms with Gasteiger partial charge >= 0.3 is 0 Å². The van der Waals surface area contributed by atoms with Gasteiger partial charge in [0.2, 0.25) is 0 Å². The molecule has 2 N–H and O–H groups in total. The molecule has 1 aromatic rings. The van der Waals surface area contributed by atoms with Crippen LogP contribution >= 0.6 is 0 Å². The lowest BCUT2D eigenvalue weighted by Crippen LogP contribution is -2.54. The molecule has 3 rings (SSSR count). The molecule has 0 radical (unpaired) electrons. The lowest BCUT2D eigenvalue weighted by Gasteiger charge is -2.41. The number of nitrogens with zero attached hydrogens (tertiary/aromatic N) is 3. The van der Waals surface area contributed by atoms with E-state index in [4.69, 9.17) is 4.74 Å². The number of hydrogen-bond donors (Lipinski definition) is 2. The van der Waals surface area contributed by atoms with Crippen LogP contribution in [0.15, 0.2) is 29.3 Å². The fourth-order valence-electron chi connectivity index (χ4n) is 4.10. The number of benzene rings is 1. The molecular weight excluding hydrogens is 362 g/mol. The van der Waals surface area contributed by atoms with Gasteiger partial charge in [-0.25, -0.2) is 0 Å². The molecule has 0 aliphatic carbocycles. The molecule has 2 aliphatic rings. The van der Waals surface area contributed by atoms with Crippen LogP contribution in [0.1, 0.15) is 44.2 Å². The molecule has 6 heteroatoms. The molecule has 0 unspecified atom stereocenters. The van der Waals surface area contributed by atoms with Crippen LogP contribution < -0.4 is 10.6 Å². The van der Waals surface area contributed by atoms with Crippen LogP contribution in [0, 0.1) is 0 Å². The van der Waals surface area contributed by atoms with E-state index in [-0.39, 0.29) is 5.54 Å². The molecule has 0 spiro atoms. The summed E-state index contributed by atoms with van der Waals surface area (Å²) in [6.07, 6.45) is 4.00. The van der Waals surface area contributed by atoms with Gasteiger partial charge in [0.05, 0.1) is 13.2 Å². The van der Waals surface area contributed by atoms with Crippen molar-refractivity contribution in [2.45, 2.75) is 51.7 Å². The predicted octanol–water partition coefficient (Wildman–Crippen LogP) is 2.45. The topological polar surface area (TPSA) is 52.1 Å². The zero-order chi connectivity index (χ0) is 20.5. The summed E-state index contributed by atoms with van der Waals surface area (Å²) in [7, 11) is 1.84. The predicted molar refractivity (Wildman–Crippen MR) is 120 cm³/mol. The lowest BCUT2D eigenvalue weighted by atomic mass is 9.98. The fraction of sp³-hybridized carbons (Fsp3) is 0.696. The third kappa shape index (κ3) is 6.98. The van der Waals surface area contributed by atoms with Crippen molar-refractivity contribution in [2.24, 2.45) is 4.99 Å². The number of nitrogens with one attached hydrogen (secondary N) is 2. The van der Waals surface area contributed by atoms with Crippen LogP contribution in [0.25, 0.3) is 0 Å². The van der Waals surface area contributed by atoms with Crippen molar-refractivity contribution in [3.8, 4) is 0 Å². The maximum atomic E-state index is 5.43. The van der Waals surface area contributed by atoms with E-state index in [2.05, 4.69) is 63.5 Å². The average molecular weight is 402 g/mol. The average Bonchev–Trinajstić information content (AvgIpc) is 2.76. The van der Waals surface area contributed by atoms with Crippen molar-refractivity contribution in [1.82, 2.24) is 20.4 Å². The van der Waals surface area contributed by atoms with Gasteiger partial charge in [0.25, 0.3) is 0 Å². The van der Waals surface area contributed by atoms with E-state index in [1.54, 1.807) is 0 Å². The molecule has 0 aromatic heterocycles. The second-order valence-corrected chi connectivity index (χ2v) is 8.84. The highest BCUT2D eigenvalue weighted by molar-refractivity contribution is 5.79. The van der Waals surface area contributed by atoms with E-state index < -0.39 is 0 Å². The Labute approximate surface area is 176 Å². The molecule has 0 atom stereocenters. The smallest absolute Gasteiger partial charge is 0.191 e. The van der Waals surface area contributed by atoms with Gasteiger partial charge in [0.15, 0.2) is 5.96 Å². The first kappa shape index (κ1) is 22.1. The Morgan fingerprint density at radius 1 is 0.966 bits per heavy atom. The van der Waals surface area contributed by atoms with Crippen molar-refractivity contribution in [1.29, 1.82) is 0 Å². The maximum Gasteiger partial charge on any atom is 0.191 e. The minimum Gasteiger partial charge on any atom is -0.379 e. The molecule has 162 valence electrons. The number of piperidine rings is 1. The zero-order valence-electron chi connectivity index (χ0n) is 18.5. The van der Waals surface area contributed by atoms with Gasteiger partial charge in [-0.1, -0.05) is 30.7 Å². The Balaban J connectivity index is 1.42. The number of morpholine rings is 1. The number of hydrogen-bond acceptors (Lipinski definition) is 4. The third-order valence-electron chi connectivity index (χ3n) is 6.12. The number of aliphatic imine (C=N–C) groups is 1. The monoisotopic (exact) mass is 401 g/mol. The summed E-state index contributed by atoms with van der Waals surface area (Å²) in [5, 5.41) is 6.98. The van der Waals surface area contributed by atoms with E-state index in [9.17, 15) is 0 Å². The Bertz CT molecular complexity index is 631. The molecule has 2 fully saturated rings. The normalized spacial score (nSPS) is 19.9. The first-order valence-electron chi connectivity index (χ1n) is 11.1. The SMILES string of the molecule is CN=C(NCc1ccc(CN2CCOCC2)cc1)NCC(C)(C)N1CCCCC1. The van der Waals surface area contributed by atoms with Crippen LogP contribution in [-0.2, 0) is 17.8 Å². The third-order valence-corrected chi connectivity index (χ3v) is 6.12. The molecule has 0 amide bonds. The minimum atomic E-state index is 0.138. The second-order valence-electron chi connectivity index (χ2n) is 8.84. The molecule has 2 saturated heterocycles. The van der Waals surface area contributed by atoms with Crippen molar-refractivity contribution >= 4 is 5.96 Å². The zero-order valence-corrected chi connectivity index (χ0v) is 18.5. The highest BCUT2D eigenvalue weighted by atomic mass is 16.5. The number of guanidine groups is 1. The standard InChI is InChI=1S/C23H39N5O/c1-23(2,28-11-5-4-6-12-28)19-26-22(24-3)25-17-20-7-9-21(10-8-20)18-27-13-15-29-16-14-27/h7-10H,4-6,11-19H2,1-3H3,(H2,24,25,26). The first-order chi connectivity index (χ1) is 14.1. The van der Waals surface area contributed by atoms with Gasteiger partial charge in [-0.15, -0.1) is 0 Å². The molecule has 29 heavy (non-hydrogen) atoms. The van der Waals surface area contributed by atoms with Gasteiger partial charge in [-0.3, -0.25) is 14.8 Å². The van der Waals surface area contributed by atoms with Crippen LogP contribution in [0.4, 0.5) is 0 Å². The van der Waals surface area contributed by atoms with Crippen molar-refractivity contribution < 1.29 is 4.74 Å². The molecule has 6 nitrogen and oxygen atoms in total. The largest absolute Gasteiger partial charge is 0.379 e. The molecule has 2 heterocycles. The van der Waals surface area contributed by atoms with Gasteiger partial charge in [-0.05, 0) is 50.9 Å². The summed E-state index contributed by atoms with van der Waals surface area (Å²) >= 11 is 0. The maximum absolute atomic E-state index is 5.43. The summed E-state index contributed by atoms with van der Waals surface area (Å²) < 4.78 is 5.43. The second kappa shape index (κ2) is 11.0. The van der Waals surface area contributed by atoms with Crippen LogP contribution in [0.3, 0.4) is 0 Å². The molecule has 2 aliphatic heterocycles. The summed E-state index contributed by atoms with van der Waals surface area (Å²) in [4.78, 5) is 9.46. The van der Waals surface area contributed by atoms with Crippen molar-refractivity contribution in [2.75, 3.05) is 53.0 Å². The Morgan fingerprint density at radius 3 is 2.28 bits per heavy atom. The summed E-state index contributed by atoms with van der Waals surface area (Å²) in [6.45, 7) is 13.5. The summed E-state index contributed by atoms with van der Waals surface area (Å²) in [5.41, 5.74) is 2.77. The van der Waals surface area contributed by atoms with E-state index in [1.165, 1.54) is 43.5 Å². The van der Waals surface area contributed by atoms with E-state index in [0.29, 0.717) is 0 Å². The highest BCUT2D eigenvalue weighted by Crippen LogP contribution is 2.19. The van der Waals surface area contributed by atoms with Gasteiger partial charge in [0, 0.05) is 45.3 Å². The van der Waals surface area contributed by atoms with E-state index >= 15 is 0 Å². The quantitative estimate of drug-likeness (QED) is 0.543. The van der Waals surface area contributed by atoms with Crippen LogP contribution in [0.2, 0.25) is 0 Å². The first-order valence-corrected chi connectivity index (χ1v) is 11.1. The fourth-order valence-corrected chi connectivity index (χ4v) is 4.10. The Kier molecular flexibility index (Phi) is 8.33. The van der Waals surface area contributed by atoms with Gasteiger partial charge in [-0.2, -0.15) is 0 Å². The van der Waals surface area contributed by atoms with Gasteiger partial charge < -0.3 is 15.4 Å². The van der Waals surface area contributed by atoms with E-state index in [0.717, 1.165) is 51.9 Å². The summed E-state index contributed by atoms with van der Waals surface area (Å²) in [6, 6.07) is 8.91. The summed E-state index contributed by atoms with van der Waals surface area (Å²) in [5.74, 6) is 0.868. The minimum absolute atomic E-state index is 0.138.